The van der Waals surface area contributed by atoms with Crippen LogP contribution in [-0.2, 0) is 23.7 Å². The van der Waals surface area contributed by atoms with Crippen LogP contribution in [-0.4, -0.2) is 23.5 Å². The van der Waals surface area contributed by atoms with E-state index < -0.39 is 23.2 Å². The number of amides is 1. The van der Waals surface area contributed by atoms with Crippen molar-refractivity contribution in [2.75, 3.05) is 11.4 Å². The highest BCUT2D eigenvalue weighted by atomic mass is 35.5. The van der Waals surface area contributed by atoms with Gasteiger partial charge in [0.2, 0.25) is 0 Å². The van der Waals surface area contributed by atoms with E-state index in [1.54, 1.807) is 18.2 Å². The van der Waals surface area contributed by atoms with Crippen molar-refractivity contribution in [3.8, 4) is 0 Å². The average molecular weight is 541 g/mol. The molecule has 5 nitrogen and oxygen atoms in total. The van der Waals surface area contributed by atoms with Gasteiger partial charge in [-0.1, -0.05) is 35.9 Å². The zero-order valence-corrected chi connectivity index (χ0v) is 21.0. The minimum Gasteiger partial charge on any atom is -0.478 e. The van der Waals surface area contributed by atoms with E-state index in [0.29, 0.717) is 23.7 Å². The number of aromatic carboxylic acids is 1. The molecule has 0 bridgehead atoms. The molecule has 196 valence electrons. The molecule has 3 aliphatic rings. The summed E-state index contributed by atoms with van der Waals surface area (Å²) in [6.07, 6.45) is -1.01. The van der Waals surface area contributed by atoms with Crippen molar-refractivity contribution in [1.82, 2.24) is 5.32 Å². The lowest BCUT2D eigenvalue weighted by Gasteiger charge is -2.24. The van der Waals surface area contributed by atoms with E-state index >= 15 is 0 Å². The van der Waals surface area contributed by atoms with Crippen LogP contribution in [0.5, 0.6) is 0 Å². The number of benzene rings is 3. The van der Waals surface area contributed by atoms with E-state index in [9.17, 15) is 27.9 Å². The first-order valence-electron chi connectivity index (χ1n) is 12.4. The van der Waals surface area contributed by atoms with Crippen LogP contribution in [0.3, 0.4) is 0 Å². The number of carbonyl (C=O) groups excluding carboxylic acids is 1. The van der Waals surface area contributed by atoms with Crippen molar-refractivity contribution in [2.24, 2.45) is 0 Å². The molecule has 2 N–H and O–H groups in total. The Balaban J connectivity index is 1.30. The van der Waals surface area contributed by atoms with Crippen LogP contribution in [0.4, 0.5) is 18.9 Å². The number of alkyl halides is 3. The first-order valence-corrected chi connectivity index (χ1v) is 12.8. The van der Waals surface area contributed by atoms with E-state index in [1.165, 1.54) is 24.3 Å². The predicted octanol–water partition coefficient (Wildman–Crippen LogP) is 6.53. The summed E-state index contributed by atoms with van der Waals surface area (Å²) in [6.45, 7) is 1.04. The first-order chi connectivity index (χ1) is 18.0. The van der Waals surface area contributed by atoms with E-state index in [4.69, 9.17) is 11.6 Å². The van der Waals surface area contributed by atoms with Gasteiger partial charge in [-0.3, -0.25) is 4.79 Å². The number of halogens is 4. The molecule has 0 saturated heterocycles. The summed E-state index contributed by atoms with van der Waals surface area (Å²) in [5.41, 5.74) is 2.62. The number of hydrogen-bond acceptors (Lipinski definition) is 3. The van der Waals surface area contributed by atoms with E-state index in [2.05, 4.69) is 10.2 Å². The van der Waals surface area contributed by atoms with Gasteiger partial charge < -0.3 is 15.3 Å². The van der Waals surface area contributed by atoms with Crippen LogP contribution in [0.1, 0.15) is 68.7 Å². The molecule has 1 amide bonds. The second-order valence-electron chi connectivity index (χ2n) is 10.6. The van der Waals surface area contributed by atoms with Crippen LogP contribution in [0.25, 0.3) is 0 Å². The summed E-state index contributed by atoms with van der Waals surface area (Å²) in [4.78, 5) is 27.0. The zero-order valence-electron chi connectivity index (χ0n) is 20.2. The maximum absolute atomic E-state index is 13.7. The molecular formula is C29H24ClF3N2O3. The van der Waals surface area contributed by atoms with Crippen LogP contribution in [0, 0.1) is 0 Å². The molecular weight excluding hydrogens is 517 g/mol. The molecule has 1 heterocycles. The van der Waals surface area contributed by atoms with Gasteiger partial charge in [-0.15, -0.1) is 0 Å². The molecule has 2 saturated carbocycles. The fourth-order valence-corrected chi connectivity index (χ4v) is 5.83. The highest BCUT2D eigenvalue weighted by Gasteiger charge is 2.53. The van der Waals surface area contributed by atoms with Gasteiger partial charge in [0.1, 0.15) is 0 Å². The minimum atomic E-state index is -4.40. The predicted molar refractivity (Wildman–Crippen MR) is 137 cm³/mol. The number of hydrogen-bond donors (Lipinski definition) is 2. The van der Waals surface area contributed by atoms with Crippen LogP contribution < -0.4 is 10.2 Å². The van der Waals surface area contributed by atoms with Gasteiger partial charge >= 0.3 is 12.1 Å². The fourth-order valence-electron chi connectivity index (χ4n) is 5.61. The summed E-state index contributed by atoms with van der Waals surface area (Å²) in [5, 5.41) is 12.8. The second kappa shape index (κ2) is 8.50. The molecule has 0 aromatic heterocycles. The molecule has 3 aromatic carbocycles. The lowest BCUT2D eigenvalue weighted by atomic mass is 9.95. The molecule has 38 heavy (non-hydrogen) atoms. The lowest BCUT2D eigenvalue weighted by Crippen LogP contribution is -2.36. The van der Waals surface area contributed by atoms with Crippen LogP contribution in [0.15, 0.2) is 60.7 Å². The van der Waals surface area contributed by atoms with Gasteiger partial charge in [0.15, 0.2) is 0 Å². The maximum Gasteiger partial charge on any atom is 0.416 e. The number of nitrogens with zero attached hydrogens (tertiary/aromatic N) is 1. The Bertz CT molecular complexity index is 1440. The maximum atomic E-state index is 13.7. The van der Waals surface area contributed by atoms with E-state index in [1.807, 2.05) is 6.07 Å². The lowest BCUT2D eigenvalue weighted by molar-refractivity contribution is -0.137. The van der Waals surface area contributed by atoms with Gasteiger partial charge in [0.25, 0.3) is 5.91 Å². The van der Waals surface area contributed by atoms with Crippen molar-refractivity contribution in [3.05, 3.63) is 99.1 Å². The Hall–Kier alpha value is -3.52. The van der Waals surface area contributed by atoms with Crippen molar-refractivity contribution in [1.29, 1.82) is 0 Å². The summed E-state index contributed by atoms with van der Waals surface area (Å²) in [5.74, 6) is -1.29. The number of carboxylic acid groups (broad SMARTS) is 1. The topological polar surface area (TPSA) is 69.6 Å². The molecule has 2 aliphatic carbocycles. The molecule has 1 spiro atoms. The van der Waals surface area contributed by atoms with Gasteiger partial charge in [0, 0.05) is 23.5 Å². The number of nitrogens with one attached hydrogen (secondary N) is 1. The van der Waals surface area contributed by atoms with Gasteiger partial charge in [-0.05, 0) is 78.8 Å². The number of carbonyl (C=O) groups is 2. The quantitative estimate of drug-likeness (QED) is 0.373. The molecule has 3 aromatic rings. The summed E-state index contributed by atoms with van der Waals surface area (Å²) < 4.78 is 39.1. The smallest absolute Gasteiger partial charge is 0.416 e. The first kappa shape index (κ1) is 24.8. The third kappa shape index (κ3) is 4.30. The minimum absolute atomic E-state index is 0.0922. The van der Waals surface area contributed by atoms with Gasteiger partial charge in [-0.25, -0.2) is 4.79 Å². The molecule has 0 radical (unpaired) electrons. The van der Waals surface area contributed by atoms with Gasteiger partial charge in [-0.2, -0.15) is 13.2 Å². The standard InChI is InChI=1S/C29H24ClF3N2O3/c30-21-13-22(25(36)34-28(11-12-28)19-7-3-18(4-8-19)26(37)38)24-23(14-21)27(9-10-27)16-35(24)15-17-1-5-20(6-2-17)29(31,32)33/h1-8,13-14H,9-12,15-16H2,(H,34,36)(H,37,38). The highest BCUT2D eigenvalue weighted by Crippen LogP contribution is 2.58. The Morgan fingerprint density at radius 2 is 1.63 bits per heavy atom. The molecule has 0 unspecified atom stereocenters. The molecule has 6 rings (SSSR count). The Labute approximate surface area is 222 Å². The Morgan fingerprint density at radius 3 is 2.18 bits per heavy atom. The molecule has 9 heteroatoms. The third-order valence-corrected chi connectivity index (χ3v) is 8.21. The fraction of sp³-hybridized carbons (Fsp3) is 0.310. The molecule has 2 fully saturated rings. The number of fused-ring (bicyclic) bond motifs is 2. The zero-order chi connectivity index (χ0) is 26.9. The third-order valence-electron chi connectivity index (χ3n) is 8.00. The average Bonchev–Trinajstić information content (AvgIpc) is 3.79. The van der Waals surface area contributed by atoms with Crippen molar-refractivity contribution in [3.63, 3.8) is 0 Å². The summed E-state index contributed by atoms with van der Waals surface area (Å²) in [6, 6.07) is 15.2. The van der Waals surface area contributed by atoms with Crippen LogP contribution in [0.2, 0.25) is 5.02 Å². The van der Waals surface area contributed by atoms with Gasteiger partial charge in [0.05, 0.1) is 27.9 Å². The van der Waals surface area contributed by atoms with Crippen LogP contribution >= 0.6 is 11.6 Å². The highest BCUT2D eigenvalue weighted by molar-refractivity contribution is 6.31. The number of rotatable bonds is 6. The normalized spacial score (nSPS) is 18.3. The largest absolute Gasteiger partial charge is 0.478 e. The van der Waals surface area contributed by atoms with Crippen molar-refractivity contribution < 1.29 is 27.9 Å². The summed E-state index contributed by atoms with van der Waals surface area (Å²) in [7, 11) is 0. The van der Waals surface area contributed by atoms with Crippen molar-refractivity contribution >= 4 is 29.2 Å². The Kier molecular flexibility index (Phi) is 5.54. The number of carboxylic acids is 1. The summed E-state index contributed by atoms with van der Waals surface area (Å²) >= 11 is 6.49. The molecule has 0 atom stereocenters. The van der Waals surface area contributed by atoms with Crippen molar-refractivity contribution in [2.45, 2.75) is 49.4 Å². The second-order valence-corrected chi connectivity index (χ2v) is 11.0. The van der Waals surface area contributed by atoms with E-state index in [-0.39, 0.29) is 16.9 Å². The molecule has 1 aliphatic heterocycles. The monoisotopic (exact) mass is 540 g/mol. The Morgan fingerprint density at radius 1 is 0.974 bits per heavy atom. The van der Waals surface area contributed by atoms with E-state index in [0.717, 1.165) is 60.2 Å². The number of anilines is 1. The SMILES string of the molecule is O=C(O)c1ccc(C2(NC(=O)c3cc(Cl)cc4c3N(Cc3ccc(C(F)(F)F)cc3)CC43CC3)CC2)cc1.